The fourth-order valence-electron chi connectivity index (χ4n) is 0.951. The molecular formula is C9H13NO2. The molecule has 12 heavy (non-hydrogen) atoms. The van der Waals surface area contributed by atoms with Crippen LogP contribution in [0.15, 0.2) is 17.1 Å². The van der Waals surface area contributed by atoms with Gasteiger partial charge in [0.15, 0.2) is 5.75 Å². The molecule has 0 amide bonds. The number of aromatic amines is 1. The highest BCUT2D eigenvalue weighted by atomic mass is 16.5. The molecule has 0 fully saturated rings. The Labute approximate surface area is 71.4 Å². The summed E-state index contributed by atoms with van der Waals surface area (Å²) in [5.41, 5.74) is 0.705. The molecule has 1 aromatic rings. The molecule has 0 saturated heterocycles. The van der Waals surface area contributed by atoms with Crippen molar-refractivity contribution >= 4 is 0 Å². The quantitative estimate of drug-likeness (QED) is 0.724. The van der Waals surface area contributed by atoms with Gasteiger partial charge < -0.3 is 9.72 Å². The van der Waals surface area contributed by atoms with Crippen molar-refractivity contribution < 1.29 is 4.74 Å². The van der Waals surface area contributed by atoms with E-state index in [0.717, 1.165) is 5.69 Å². The second kappa shape index (κ2) is 3.43. The third kappa shape index (κ3) is 1.87. The van der Waals surface area contributed by atoms with Gasteiger partial charge in [-0.3, -0.25) is 4.79 Å². The molecule has 0 unspecified atom stereocenters. The SMILES string of the molecule is Cc1[nH]ccc(=O)c1OC(C)C. The van der Waals surface area contributed by atoms with Gasteiger partial charge in [0, 0.05) is 12.3 Å². The van der Waals surface area contributed by atoms with Crippen LogP contribution in [0.1, 0.15) is 19.5 Å². The van der Waals surface area contributed by atoms with Gasteiger partial charge in [-0.05, 0) is 20.8 Å². The van der Waals surface area contributed by atoms with Crippen molar-refractivity contribution in [2.75, 3.05) is 0 Å². The van der Waals surface area contributed by atoms with Crippen molar-refractivity contribution in [3.8, 4) is 5.75 Å². The fraction of sp³-hybridized carbons (Fsp3) is 0.444. The molecule has 0 bridgehead atoms. The van der Waals surface area contributed by atoms with E-state index in [-0.39, 0.29) is 11.5 Å². The maximum atomic E-state index is 11.2. The summed E-state index contributed by atoms with van der Waals surface area (Å²) >= 11 is 0. The number of rotatable bonds is 2. The first-order chi connectivity index (χ1) is 5.61. The molecule has 1 heterocycles. The highest BCUT2D eigenvalue weighted by molar-refractivity contribution is 5.25. The van der Waals surface area contributed by atoms with E-state index in [0.29, 0.717) is 5.75 Å². The van der Waals surface area contributed by atoms with Crippen LogP contribution in [0.5, 0.6) is 5.75 Å². The number of aryl methyl sites for hydroxylation is 1. The van der Waals surface area contributed by atoms with E-state index < -0.39 is 0 Å². The Morgan fingerprint density at radius 1 is 1.50 bits per heavy atom. The van der Waals surface area contributed by atoms with Crippen molar-refractivity contribution in [3.63, 3.8) is 0 Å². The van der Waals surface area contributed by atoms with E-state index in [1.165, 1.54) is 6.07 Å². The Kier molecular flexibility index (Phi) is 2.53. The van der Waals surface area contributed by atoms with Crippen molar-refractivity contribution in [2.45, 2.75) is 26.9 Å². The third-order valence-electron chi connectivity index (χ3n) is 1.45. The molecule has 0 aliphatic carbocycles. The molecule has 1 rings (SSSR count). The van der Waals surface area contributed by atoms with Gasteiger partial charge in [-0.1, -0.05) is 0 Å². The summed E-state index contributed by atoms with van der Waals surface area (Å²) in [6.45, 7) is 5.61. The zero-order valence-electron chi connectivity index (χ0n) is 7.55. The Hall–Kier alpha value is -1.25. The predicted octanol–water partition coefficient (Wildman–Crippen LogP) is 1.47. The zero-order valence-corrected chi connectivity index (χ0v) is 7.55. The van der Waals surface area contributed by atoms with Gasteiger partial charge in [-0.2, -0.15) is 0 Å². The molecule has 0 saturated carbocycles. The summed E-state index contributed by atoms with van der Waals surface area (Å²) in [6.07, 6.45) is 1.65. The molecule has 0 radical (unpaired) electrons. The van der Waals surface area contributed by atoms with Crippen molar-refractivity contribution in [1.29, 1.82) is 0 Å². The van der Waals surface area contributed by atoms with E-state index in [2.05, 4.69) is 4.98 Å². The van der Waals surface area contributed by atoms with Crippen LogP contribution >= 0.6 is 0 Å². The van der Waals surface area contributed by atoms with Gasteiger partial charge in [-0.15, -0.1) is 0 Å². The van der Waals surface area contributed by atoms with E-state index in [1.807, 2.05) is 20.8 Å². The lowest BCUT2D eigenvalue weighted by atomic mass is 10.3. The smallest absolute Gasteiger partial charge is 0.223 e. The second-order valence-electron chi connectivity index (χ2n) is 2.96. The maximum Gasteiger partial charge on any atom is 0.223 e. The van der Waals surface area contributed by atoms with Crippen molar-refractivity contribution in [2.24, 2.45) is 0 Å². The Morgan fingerprint density at radius 3 is 2.67 bits per heavy atom. The van der Waals surface area contributed by atoms with Gasteiger partial charge in [0.05, 0.1) is 11.8 Å². The minimum Gasteiger partial charge on any atom is -0.485 e. The molecule has 3 nitrogen and oxygen atoms in total. The van der Waals surface area contributed by atoms with Gasteiger partial charge in [-0.25, -0.2) is 0 Å². The molecule has 1 N–H and O–H groups in total. The molecular weight excluding hydrogens is 154 g/mol. The van der Waals surface area contributed by atoms with Gasteiger partial charge in [0.25, 0.3) is 0 Å². The monoisotopic (exact) mass is 167 g/mol. The summed E-state index contributed by atoms with van der Waals surface area (Å²) < 4.78 is 5.33. The summed E-state index contributed by atoms with van der Waals surface area (Å²) in [7, 11) is 0. The van der Waals surface area contributed by atoms with Gasteiger partial charge >= 0.3 is 0 Å². The third-order valence-corrected chi connectivity index (χ3v) is 1.45. The predicted molar refractivity (Wildman–Crippen MR) is 47.6 cm³/mol. The highest BCUT2D eigenvalue weighted by Crippen LogP contribution is 2.09. The van der Waals surface area contributed by atoms with E-state index >= 15 is 0 Å². The summed E-state index contributed by atoms with van der Waals surface area (Å²) in [6, 6.07) is 1.46. The van der Waals surface area contributed by atoms with Crippen LogP contribution in [0.25, 0.3) is 0 Å². The topological polar surface area (TPSA) is 42.1 Å². The number of pyridine rings is 1. The lowest BCUT2D eigenvalue weighted by molar-refractivity contribution is 0.237. The van der Waals surface area contributed by atoms with Crippen LogP contribution in [-0.2, 0) is 0 Å². The maximum absolute atomic E-state index is 11.2. The fourth-order valence-corrected chi connectivity index (χ4v) is 0.951. The standard InChI is InChI=1S/C9H13NO2/c1-6(2)12-9-7(3)10-5-4-8(9)11/h4-6H,1-3H3,(H,10,11). The van der Waals surface area contributed by atoms with Crippen LogP contribution in [0.4, 0.5) is 0 Å². The van der Waals surface area contributed by atoms with Gasteiger partial charge in [0.2, 0.25) is 5.43 Å². The Balaban J connectivity index is 3.05. The van der Waals surface area contributed by atoms with Gasteiger partial charge in [0.1, 0.15) is 0 Å². The lowest BCUT2D eigenvalue weighted by Crippen LogP contribution is -2.15. The Morgan fingerprint density at radius 2 is 2.17 bits per heavy atom. The average molecular weight is 167 g/mol. The first-order valence-corrected chi connectivity index (χ1v) is 3.96. The van der Waals surface area contributed by atoms with E-state index in [4.69, 9.17) is 4.74 Å². The number of aromatic nitrogens is 1. The largest absolute Gasteiger partial charge is 0.485 e. The molecule has 0 spiro atoms. The molecule has 3 heteroatoms. The summed E-state index contributed by atoms with van der Waals surface area (Å²) in [5.74, 6) is 0.424. The minimum atomic E-state index is -0.0695. The molecule has 0 aromatic carbocycles. The number of H-pyrrole nitrogens is 1. The van der Waals surface area contributed by atoms with Crippen molar-refractivity contribution in [1.82, 2.24) is 4.98 Å². The van der Waals surface area contributed by atoms with Crippen LogP contribution in [0, 0.1) is 6.92 Å². The first kappa shape index (κ1) is 8.84. The molecule has 0 aliphatic rings. The van der Waals surface area contributed by atoms with E-state index in [9.17, 15) is 4.79 Å². The second-order valence-corrected chi connectivity index (χ2v) is 2.96. The first-order valence-electron chi connectivity index (χ1n) is 3.96. The molecule has 0 atom stereocenters. The van der Waals surface area contributed by atoms with Crippen LogP contribution in [-0.4, -0.2) is 11.1 Å². The van der Waals surface area contributed by atoms with Crippen molar-refractivity contribution in [3.05, 3.63) is 28.2 Å². The van der Waals surface area contributed by atoms with Crippen LogP contribution in [0.2, 0.25) is 0 Å². The minimum absolute atomic E-state index is 0.0344. The average Bonchev–Trinajstić information content (AvgIpc) is 1.97. The normalized spacial score (nSPS) is 10.3. The Bertz CT molecular complexity index is 315. The zero-order chi connectivity index (χ0) is 9.14. The number of nitrogens with one attached hydrogen (secondary N) is 1. The molecule has 1 aromatic heterocycles. The number of ether oxygens (including phenoxy) is 1. The van der Waals surface area contributed by atoms with E-state index in [1.54, 1.807) is 6.20 Å². The molecule has 0 aliphatic heterocycles. The van der Waals surface area contributed by atoms with Crippen LogP contribution in [0.3, 0.4) is 0 Å². The highest BCUT2D eigenvalue weighted by Gasteiger charge is 2.05. The summed E-state index contributed by atoms with van der Waals surface area (Å²) in [4.78, 5) is 14.2. The lowest BCUT2D eigenvalue weighted by Gasteiger charge is -2.10. The van der Waals surface area contributed by atoms with Crippen LogP contribution < -0.4 is 10.2 Å². The molecule has 66 valence electrons. The summed E-state index contributed by atoms with van der Waals surface area (Å²) in [5, 5.41) is 0. The number of hydrogen-bond acceptors (Lipinski definition) is 2. The number of hydrogen-bond donors (Lipinski definition) is 1.